The van der Waals surface area contributed by atoms with E-state index in [0.29, 0.717) is 13.0 Å². The molecule has 9 nitrogen and oxygen atoms in total. The molecule has 0 aromatic heterocycles. The quantitative estimate of drug-likeness (QED) is 0.149. The van der Waals surface area contributed by atoms with Gasteiger partial charge in [0.25, 0.3) is 0 Å². The van der Waals surface area contributed by atoms with E-state index in [9.17, 15) is 14.4 Å². The van der Waals surface area contributed by atoms with Gasteiger partial charge in [0.2, 0.25) is 5.91 Å². The van der Waals surface area contributed by atoms with Crippen LogP contribution in [0.15, 0.2) is 54.6 Å². The van der Waals surface area contributed by atoms with Crippen LogP contribution in [0.4, 0.5) is 10.5 Å². The first-order valence-electron chi connectivity index (χ1n) is 17.9. The fourth-order valence-electron chi connectivity index (χ4n) is 6.58. The van der Waals surface area contributed by atoms with Gasteiger partial charge in [0.05, 0.1) is 18.2 Å². The summed E-state index contributed by atoms with van der Waals surface area (Å²) in [5.74, 6) is 0.286. The Morgan fingerprint density at radius 3 is 2.13 bits per heavy atom. The van der Waals surface area contributed by atoms with Crippen LogP contribution in [-0.2, 0) is 19.1 Å². The van der Waals surface area contributed by atoms with Gasteiger partial charge in [0.1, 0.15) is 6.10 Å². The Hall–Kier alpha value is -3.43. The van der Waals surface area contributed by atoms with E-state index in [4.69, 9.17) is 9.47 Å². The predicted molar refractivity (Wildman–Crippen MR) is 187 cm³/mol. The first kappa shape index (κ1) is 36.4. The number of amides is 2. The van der Waals surface area contributed by atoms with Crippen molar-refractivity contribution in [3.8, 4) is 11.1 Å². The summed E-state index contributed by atoms with van der Waals surface area (Å²) < 4.78 is 10.9. The summed E-state index contributed by atoms with van der Waals surface area (Å²) in [5.41, 5.74) is 2.75. The second-order valence-electron chi connectivity index (χ2n) is 13.0. The van der Waals surface area contributed by atoms with E-state index < -0.39 is 6.09 Å². The van der Waals surface area contributed by atoms with Crippen LogP contribution in [0.25, 0.3) is 11.1 Å². The van der Waals surface area contributed by atoms with Crippen LogP contribution in [0.5, 0.6) is 0 Å². The SMILES string of the molecule is CCOC(=O)C1CCN(CCCCCCCCC(=O)N(C)CCN2CCC(OC(=O)Nc3ccccc3-c3ccccc3)CC2)CC1. The maximum absolute atomic E-state index is 12.7. The van der Waals surface area contributed by atoms with Gasteiger partial charge in [-0.1, -0.05) is 74.2 Å². The van der Waals surface area contributed by atoms with Crippen molar-refractivity contribution in [2.24, 2.45) is 5.92 Å². The standard InChI is InChI=1S/C38H56N4O5/c1-3-46-37(44)32-20-25-41(26-21-32)24-14-7-5-4-6-11-19-36(43)40(2)29-30-42-27-22-33(23-28-42)47-38(45)39-35-18-13-12-17-34(35)31-15-9-8-10-16-31/h8-10,12-13,15-18,32-33H,3-7,11,14,19-30H2,1-2H3,(H,39,45). The second kappa shape index (κ2) is 20.1. The third-order valence-electron chi connectivity index (χ3n) is 9.56. The molecule has 2 aromatic rings. The van der Waals surface area contributed by atoms with Crippen LogP contribution in [0.1, 0.15) is 77.6 Å². The Kier molecular flexibility index (Phi) is 15.5. The number of hydrogen-bond donors (Lipinski definition) is 1. The third kappa shape index (κ3) is 12.6. The molecule has 2 aliphatic heterocycles. The van der Waals surface area contributed by atoms with Gasteiger partial charge in [-0.25, -0.2) is 4.79 Å². The first-order chi connectivity index (χ1) is 22.9. The van der Waals surface area contributed by atoms with E-state index in [1.54, 1.807) is 0 Å². The summed E-state index contributed by atoms with van der Waals surface area (Å²) in [7, 11) is 1.91. The van der Waals surface area contributed by atoms with E-state index in [2.05, 4.69) is 15.1 Å². The van der Waals surface area contributed by atoms with E-state index >= 15 is 0 Å². The van der Waals surface area contributed by atoms with Crippen molar-refractivity contribution in [3.05, 3.63) is 54.6 Å². The van der Waals surface area contributed by atoms with Crippen molar-refractivity contribution in [1.29, 1.82) is 0 Å². The maximum Gasteiger partial charge on any atom is 0.411 e. The molecule has 0 saturated carbocycles. The van der Waals surface area contributed by atoms with Gasteiger partial charge in [-0.05, 0) is 76.7 Å². The highest BCUT2D eigenvalue weighted by molar-refractivity contribution is 5.91. The minimum Gasteiger partial charge on any atom is -0.466 e. The molecule has 4 rings (SSSR count). The summed E-state index contributed by atoms with van der Waals surface area (Å²) in [6, 6.07) is 17.8. The molecule has 9 heteroatoms. The number of rotatable bonds is 17. The minimum absolute atomic E-state index is 0.0237. The van der Waals surface area contributed by atoms with E-state index in [0.717, 1.165) is 101 Å². The zero-order valence-electron chi connectivity index (χ0n) is 28.7. The van der Waals surface area contributed by atoms with Gasteiger partial charge in [-0.15, -0.1) is 0 Å². The molecular formula is C38H56N4O5. The normalized spacial score (nSPS) is 16.5. The molecule has 2 amide bonds. The molecule has 47 heavy (non-hydrogen) atoms. The second-order valence-corrected chi connectivity index (χ2v) is 13.0. The Morgan fingerprint density at radius 2 is 1.40 bits per heavy atom. The number of esters is 1. The molecule has 0 atom stereocenters. The van der Waals surface area contributed by atoms with Crippen LogP contribution >= 0.6 is 0 Å². The summed E-state index contributed by atoms with van der Waals surface area (Å²) in [5, 5.41) is 2.94. The number of anilines is 1. The first-order valence-corrected chi connectivity index (χ1v) is 17.9. The van der Waals surface area contributed by atoms with Crippen LogP contribution in [-0.4, -0.2) is 98.2 Å². The molecule has 2 aliphatic rings. The van der Waals surface area contributed by atoms with E-state index in [1.165, 1.54) is 25.7 Å². The molecule has 2 fully saturated rings. The number of nitrogens with one attached hydrogen (secondary N) is 1. The molecular weight excluding hydrogens is 592 g/mol. The summed E-state index contributed by atoms with van der Waals surface area (Å²) >= 11 is 0. The van der Waals surface area contributed by atoms with Crippen LogP contribution < -0.4 is 5.32 Å². The number of para-hydroxylation sites is 1. The van der Waals surface area contributed by atoms with Gasteiger partial charge in [0.15, 0.2) is 0 Å². The highest BCUT2D eigenvalue weighted by Gasteiger charge is 2.26. The molecule has 2 heterocycles. The number of benzene rings is 2. The third-order valence-corrected chi connectivity index (χ3v) is 9.56. The average Bonchev–Trinajstić information content (AvgIpc) is 3.09. The Bertz CT molecular complexity index is 1230. The van der Waals surface area contributed by atoms with Gasteiger partial charge in [-0.3, -0.25) is 14.9 Å². The summed E-state index contributed by atoms with van der Waals surface area (Å²) in [6.07, 6.45) is 10.4. The highest BCUT2D eigenvalue weighted by Crippen LogP contribution is 2.28. The number of carbonyl (C=O) groups excluding carboxylic acids is 3. The molecule has 0 radical (unpaired) electrons. The molecule has 0 aliphatic carbocycles. The fraction of sp³-hybridized carbons (Fsp3) is 0.605. The molecule has 0 bridgehead atoms. The zero-order valence-corrected chi connectivity index (χ0v) is 28.7. The van der Waals surface area contributed by atoms with Gasteiger partial charge < -0.3 is 24.2 Å². The molecule has 0 spiro atoms. The highest BCUT2D eigenvalue weighted by atomic mass is 16.6. The average molecular weight is 649 g/mol. The van der Waals surface area contributed by atoms with Gasteiger partial charge in [-0.2, -0.15) is 0 Å². The number of unbranched alkanes of at least 4 members (excludes halogenated alkanes) is 5. The lowest BCUT2D eigenvalue weighted by Gasteiger charge is -2.32. The smallest absolute Gasteiger partial charge is 0.411 e. The van der Waals surface area contributed by atoms with Gasteiger partial charge >= 0.3 is 12.1 Å². The number of hydrogen-bond acceptors (Lipinski definition) is 7. The van der Waals surface area contributed by atoms with Crippen LogP contribution in [0.3, 0.4) is 0 Å². The molecule has 2 aromatic carbocycles. The van der Waals surface area contributed by atoms with Gasteiger partial charge in [0, 0.05) is 45.2 Å². The Balaban J connectivity index is 0.996. The molecule has 2 saturated heterocycles. The van der Waals surface area contributed by atoms with Crippen molar-refractivity contribution in [2.75, 3.05) is 64.8 Å². The molecule has 1 N–H and O–H groups in total. The van der Waals surface area contributed by atoms with Crippen molar-refractivity contribution >= 4 is 23.7 Å². The Labute approximate surface area is 282 Å². The van der Waals surface area contributed by atoms with E-state index in [-0.39, 0.29) is 23.9 Å². The lowest BCUT2D eigenvalue weighted by atomic mass is 9.97. The lowest BCUT2D eigenvalue weighted by Crippen LogP contribution is -2.42. The minimum atomic E-state index is -0.415. The predicted octanol–water partition coefficient (Wildman–Crippen LogP) is 6.83. The zero-order chi connectivity index (χ0) is 33.3. The van der Waals surface area contributed by atoms with Crippen LogP contribution in [0, 0.1) is 5.92 Å². The fourth-order valence-corrected chi connectivity index (χ4v) is 6.58. The molecule has 258 valence electrons. The maximum atomic E-state index is 12.7. The number of nitrogens with zero attached hydrogens (tertiary/aromatic N) is 3. The molecule has 0 unspecified atom stereocenters. The topological polar surface area (TPSA) is 91.4 Å². The largest absolute Gasteiger partial charge is 0.466 e. The number of likely N-dealkylation sites (N-methyl/N-ethyl adjacent to an activating group) is 1. The van der Waals surface area contributed by atoms with Crippen molar-refractivity contribution < 1.29 is 23.9 Å². The van der Waals surface area contributed by atoms with Crippen molar-refractivity contribution in [3.63, 3.8) is 0 Å². The van der Waals surface area contributed by atoms with Crippen molar-refractivity contribution in [2.45, 2.75) is 83.7 Å². The van der Waals surface area contributed by atoms with Crippen molar-refractivity contribution in [1.82, 2.24) is 14.7 Å². The Morgan fingerprint density at radius 1 is 0.787 bits per heavy atom. The number of piperidine rings is 2. The number of ether oxygens (including phenoxy) is 2. The van der Waals surface area contributed by atoms with Crippen LogP contribution in [0.2, 0.25) is 0 Å². The monoisotopic (exact) mass is 648 g/mol. The number of likely N-dealkylation sites (tertiary alicyclic amines) is 2. The lowest BCUT2D eigenvalue weighted by molar-refractivity contribution is -0.149. The summed E-state index contributed by atoms with van der Waals surface area (Å²) in [6.45, 7) is 8.71. The summed E-state index contributed by atoms with van der Waals surface area (Å²) in [4.78, 5) is 44.0. The number of carbonyl (C=O) groups is 3. The van der Waals surface area contributed by atoms with E-state index in [1.807, 2.05) is 73.5 Å².